The molecule has 3 rings (SSSR count). The molecule has 2 fully saturated rings. The number of hydrazine groups is 1. The fourth-order valence-corrected chi connectivity index (χ4v) is 3.89. The second kappa shape index (κ2) is 9.04. The Morgan fingerprint density at radius 2 is 1.86 bits per heavy atom. The van der Waals surface area contributed by atoms with Gasteiger partial charge in [0.1, 0.15) is 6.04 Å². The van der Waals surface area contributed by atoms with Gasteiger partial charge in [0.25, 0.3) is 5.91 Å². The number of carbonyl (C=O) groups excluding carboxylic acids is 2. The third-order valence-electron chi connectivity index (χ3n) is 5.41. The Labute approximate surface area is 168 Å². The molecule has 9 heteroatoms. The maximum absolute atomic E-state index is 13.1. The molecule has 0 saturated carbocycles. The van der Waals surface area contributed by atoms with Crippen LogP contribution in [0.15, 0.2) is 30.3 Å². The van der Waals surface area contributed by atoms with E-state index in [4.69, 9.17) is 0 Å². The van der Waals surface area contributed by atoms with Gasteiger partial charge in [0.2, 0.25) is 5.91 Å². The van der Waals surface area contributed by atoms with Crippen LogP contribution in [0.4, 0.5) is 0 Å². The first-order chi connectivity index (χ1) is 13.9. The van der Waals surface area contributed by atoms with E-state index in [0.717, 1.165) is 10.6 Å². The lowest BCUT2D eigenvalue weighted by Crippen LogP contribution is -2.62. The van der Waals surface area contributed by atoms with Crippen LogP contribution in [0.3, 0.4) is 0 Å². The lowest BCUT2D eigenvalue weighted by Gasteiger charge is -2.42. The van der Waals surface area contributed by atoms with E-state index in [2.05, 4.69) is 5.32 Å². The molecule has 0 radical (unpaired) electrons. The molecule has 9 nitrogen and oxygen atoms in total. The van der Waals surface area contributed by atoms with Crippen LogP contribution in [0, 0.1) is 0 Å². The summed E-state index contributed by atoms with van der Waals surface area (Å²) in [6.45, 7) is 0.289. The molecule has 2 aliphatic rings. The van der Waals surface area contributed by atoms with Gasteiger partial charge in [-0.1, -0.05) is 30.3 Å². The van der Waals surface area contributed by atoms with Gasteiger partial charge in [-0.2, -0.15) is 0 Å². The smallest absolute Gasteiger partial charge is 0.328 e. The van der Waals surface area contributed by atoms with Crippen molar-refractivity contribution >= 4 is 23.8 Å². The molecular formula is C20H25N3O6. The summed E-state index contributed by atoms with van der Waals surface area (Å²) in [5.74, 6) is -3.14. The van der Waals surface area contributed by atoms with E-state index in [1.54, 1.807) is 0 Å². The van der Waals surface area contributed by atoms with Crippen molar-refractivity contribution in [1.29, 1.82) is 0 Å². The number of aryl methyl sites for hydroxylation is 1. The molecule has 29 heavy (non-hydrogen) atoms. The molecule has 1 aromatic carbocycles. The Morgan fingerprint density at radius 1 is 1.14 bits per heavy atom. The van der Waals surface area contributed by atoms with E-state index in [-0.39, 0.29) is 38.1 Å². The van der Waals surface area contributed by atoms with Gasteiger partial charge in [-0.25, -0.2) is 9.80 Å². The Bertz CT molecular complexity index is 784. The third kappa shape index (κ3) is 4.73. The highest BCUT2D eigenvalue weighted by atomic mass is 16.4. The number of fused-ring (bicyclic) bond motifs is 1. The van der Waals surface area contributed by atoms with Crippen LogP contribution in [0.5, 0.6) is 0 Å². The van der Waals surface area contributed by atoms with Gasteiger partial charge in [0.05, 0.1) is 6.04 Å². The summed E-state index contributed by atoms with van der Waals surface area (Å²) in [5, 5.41) is 24.2. The quantitative estimate of drug-likeness (QED) is 0.610. The third-order valence-corrected chi connectivity index (χ3v) is 5.41. The Hall–Kier alpha value is -2.94. The van der Waals surface area contributed by atoms with E-state index in [1.165, 1.54) is 5.01 Å². The summed E-state index contributed by atoms with van der Waals surface area (Å²) in [6.07, 6.45) is 1.72. The number of carbonyl (C=O) groups is 4. The first-order valence-electron chi connectivity index (χ1n) is 9.77. The minimum absolute atomic E-state index is 0.0528. The minimum atomic E-state index is -1.17. The highest BCUT2D eigenvalue weighted by Crippen LogP contribution is 2.25. The molecule has 2 heterocycles. The zero-order valence-electron chi connectivity index (χ0n) is 16.0. The van der Waals surface area contributed by atoms with Gasteiger partial charge in [0, 0.05) is 13.0 Å². The van der Waals surface area contributed by atoms with Gasteiger partial charge in [0.15, 0.2) is 6.04 Å². The number of hydrogen-bond acceptors (Lipinski definition) is 5. The van der Waals surface area contributed by atoms with Gasteiger partial charge in [-0.15, -0.1) is 0 Å². The molecule has 0 aliphatic carbocycles. The zero-order chi connectivity index (χ0) is 21.0. The first kappa shape index (κ1) is 20.8. The van der Waals surface area contributed by atoms with Gasteiger partial charge >= 0.3 is 11.9 Å². The van der Waals surface area contributed by atoms with Crippen molar-refractivity contribution in [2.75, 3.05) is 6.54 Å². The van der Waals surface area contributed by atoms with Crippen molar-refractivity contribution in [2.24, 2.45) is 0 Å². The number of benzene rings is 1. The summed E-state index contributed by atoms with van der Waals surface area (Å²) >= 11 is 0. The molecule has 3 atom stereocenters. The summed E-state index contributed by atoms with van der Waals surface area (Å²) in [5.41, 5.74) is 0.982. The fraction of sp³-hybridized carbons (Fsp3) is 0.500. The number of carboxylic acids is 2. The van der Waals surface area contributed by atoms with Crippen LogP contribution >= 0.6 is 0 Å². The monoisotopic (exact) mass is 403 g/mol. The maximum Gasteiger partial charge on any atom is 0.328 e. The Balaban J connectivity index is 1.75. The molecule has 0 aromatic heterocycles. The number of aliphatic carboxylic acids is 2. The van der Waals surface area contributed by atoms with Crippen molar-refractivity contribution < 1.29 is 29.4 Å². The van der Waals surface area contributed by atoms with Gasteiger partial charge in [-0.05, 0) is 37.7 Å². The van der Waals surface area contributed by atoms with Crippen molar-refractivity contribution in [3.05, 3.63) is 35.9 Å². The second-order valence-electron chi connectivity index (χ2n) is 7.37. The standard InChI is InChI=1S/C20H25N3O6/c24-17-11-10-14(18(25)23-16(20(28)29)7-4-12-22(17)23)21-15(19(26)27)9-8-13-5-2-1-3-6-13/h1-3,5-6,14-16,21H,4,7-12H2,(H,26,27)(H,28,29)/t14-,15+,16-/m0/s1. The minimum Gasteiger partial charge on any atom is -0.480 e. The van der Waals surface area contributed by atoms with Crippen LogP contribution in [0.25, 0.3) is 0 Å². The molecule has 2 saturated heterocycles. The molecule has 0 bridgehead atoms. The molecule has 156 valence electrons. The molecule has 2 aliphatic heterocycles. The average molecular weight is 403 g/mol. The zero-order valence-corrected chi connectivity index (χ0v) is 16.0. The van der Waals surface area contributed by atoms with Crippen molar-refractivity contribution in [1.82, 2.24) is 15.3 Å². The van der Waals surface area contributed by atoms with Crippen LogP contribution in [-0.4, -0.2) is 68.7 Å². The Morgan fingerprint density at radius 3 is 2.52 bits per heavy atom. The molecule has 3 N–H and O–H groups in total. The van der Waals surface area contributed by atoms with E-state index in [9.17, 15) is 29.4 Å². The Kier molecular flexibility index (Phi) is 6.48. The van der Waals surface area contributed by atoms with Crippen LogP contribution in [0.2, 0.25) is 0 Å². The topological polar surface area (TPSA) is 127 Å². The number of amides is 2. The van der Waals surface area contributed by atoms with Gasteiger partial charge < -0.3 is 10.2 Å². The normalized spacial score (nSPS) is 23.3. The summed E-state index contributed by atoms with van der Waals surface area (Å²) < 4.78 is 0. The molecule has 1 aromatic rings. The van der Waals surface area contributed by atoms with E-state index in [1.807, 2.05) is 30.3 Å². The molecular weight excluding hydrogens is 378 g/mol. The molecule has 0 unspecified atom stereocenters. The predicted octanol–water partition coefficient (Wildman–Crippen LogP) is 0.644. The number of nitrogens with zero attached hydrogens (tertiary/aromatic N) is 2. The SMILES string of the molecule is O=C(O)[C@@H](CCc1ccccc1)N[C@H]1CCC(=O)N2CCC[C@@H](C(=O)O)N2C1=O. The van der Waals surface area contributed by atoms with E-state index >= 15 is 0 Å². The second-order valence-corrected chi connectivity index (χ2v) is 7.37. The number of rotatable bonds is 7. The summed E-state index contributed by atoms with van der Waals surface area (Å²) in [4.78, 5) is 48.9. The summed E-state index contributed by atoms with van der Waals surface area (Å²) in [7, 11) is 0. The predicted molar refractivity (Wildman–Crippen MR) is 102 cm³/mol. The van der Waals surface area contributed by atoms with Crippen molar-refractivity contribution in [3.8, 4) is 0 Å². The van der Waals surface area contributed by atoms with Crippen LogP contribution < -0.4 is 5.32 Å². The lowest BCUT2D eigenvalue weighted by atomic mass is 10.0. The molecule has 2 amide bonds. The van der Waals surface area contributed by atoms with Crippen molar-refractivity contribution in [3.63, 3.8) is 0 Å². The van der Waals surface area contributed by atoms with E-state index in [0.29, 0.717) is 12.8 Å². The highest BCUT2D eigenvalue weighted by molar-refractivity contribution is 5.92. The number of carboxylic acid groups (broad SMARTS) is 2. The van der Waals surface area contributed by atoms with Crippen LogP contribution in [-0.2, 0) is 25.6 Å². The summed E-state index contributed by atoms with van der Waals surface area (Å²) in [6, 6.07) is 6.39. The average Bonchev–Trinajstić information content (AvgIpc) is 2.83. The lowest BCUT2D eigenvalue weighted by molar-refractivity contribution is -0.181. The highest BCUT2D eigenvalue weighted by Gasteiger charge is 2.44. The molecule has 0 spiro atoms. The number of hydrogen-bond donors (Lipinski definition) is 3. The first-order valence-corrected chi connectivity index (χ1v) is 9.77. The largest absolute Gasteiger partial charge is 0.480 e. The number of nitrogens with one attached hydrogen (secondary N) is 1. The maximum atomic E-state index is 13.1. The van der Waals surface area contributed by atoms with E-state index < -0.39 is 36.0 Å². The van der Waals surface area contributed by atoms with Crippen molar-refractivity contribution in [2.45, 2.75) is 56.7 Å². The van der Waals surface area contributed by atoms with Gasteiger partial charge in [-0.3, -0.25) is 24.7 Å². The van der Waals surface area contributed by atoms with Crippen LogP contribution in [0.1, 0.15) is 37.7 Å². The fourth-order valence-electron chi connectivity index (χ4n) is 3.89.